The minimum Gasteiger partial charge on any atom is -0.465 e. The first-order chi connectivity index (χ1) is 15.1. The van der Waals surface area contributed by atoms with Crippen LogP contribution in [0.4, 0.5) is 0 Å². The van der Waals surface area contributed by atoms with Crippen molar-refractivity contribution in [3.8, 4) is 0 Å². The molecule has 1 aliphatic carbocycles. The Morgan fingerprint density at radius 1 is 0.548 bits per heavy atom. The third-order valence-corrected chi connectivity index (χ3v) is 16.7. The van der Waals surface area contributed by atoms with E-state index in [9.17, 15) is 9.59 Å². The molecule has 5 aliphatic rings. The van der Waals surface area contributed by atoms with E-state index in [0.717, 1.165) is 8.47 Å². The molecule has 0 aromatic carbocycles. The first kappa shape index (κ1) is 23.2. The number of hydrogen-bond donors (Lipinski definition) is 0. The lowest BCUT2D eigenvalue weighted by Crippen LogP contribution is -2.08. The second kappa shape index (κ2) is 9.97. The van der Waals surface area contributed by atoms with Gasteiger partial charge in [-0.05, 0) is 25.7 Å². The Hall–Kier alpha value is 0.440. The van der Waals surface area contributed by atoms with E-state index in [1.54, 1.807) is 33.3 Å². The largest absolute Gasteiger partial charge is 0.465 e. The quantitative estimate of drug-likeness (QED) is 0.305. The zero-order valence-corrected chi connectivity index (χ0v) is 23.0. The normalized spacial score (nSPS) is 23.7. The minimum atomic E-state index is -0.500. The average Bonchev–Trinajstić information content (AvgIpc) is 3.52. The van der Waals surface area contributed by atoms with Gasteiger partial charge in [-0.2, -0.15) is 0 Å². The number of allylic oxidation sites excluding steroid dienone is 2. The zero-order chi connectivity index (χ0) is 21.5. The van der Waals surface area contributed by atoms with Crippen LogP contribution in [0.15, 0.2) is 45.0 Å². The lowest BCUT2D eigenvalue weighted by molar-refractivity contribution is -0.138. The summed E-state index contributed by atoms with van der Waals surface area (Å²) < 4.78 is 17.2. The molecule has 0 aromatic rings. The molecule has 0 unspecified atom stereocenters. The fourth-order valence-corrected chi connectivity index (χ4v) is 15.5. The Kier molecular flexibility index (Phi) is 7.46. The Morgan fingerprint density at radius 3 is 1.29 bits per heavy atom. The first-order valence-electron chi connectivity index (χ1n) is 9.36. The summed E-state index contributed by atoms with van der Waals surface area (Å²) in [4.78, 5) is 28.1. The van der Waals surface area contributed by atoms with Gasteiger partial charge in [0.1, 0.15) is 9.81 Å². The van der Waals surface area contributed by atoms with Crippen molar-refractivity contribution in [1.29, 1.82) is 0 Å². The van der Waals surface area contributed by atoms with Crippen molar-refractivity contribution in [2.24, 2.45) is 0 Å². The maximum atomic E-state index is 12.1. The molecular weight excluding hydrogens is 549 g/mol. The molecular formula is C19H16O4S8. The Labute approximate surface area is 214 Å². The van der Waals surface area contributed by atoms with Gasteiger partial charge in [0.25, 0.3) is 0 Å². The van der Waals surface area contributed by atoms with E-state index in [0.29, 0.717) is 9.81 Å². The SMILES string of the molecule is COC(=O)C1=C(C(=O)OC)SC(=C2SC3=C(SC(=C4SC5=C(CCCCC5)S4)S3)S2)S1. The van der Waals surface area contributed by atoms with Crippen LogP contribution in [0.25, 0.3) is 0 Å². The molecule has 0 fully saturated rings. The predicted molar refractivity (Wildman–Crippen MR) is 143 cm³/mol. The molecule has 0 saturated heterocycles. The van der Waals surface area contributed by atoms with Crippen LogP contribution in [-0.2, 0) is 19.1 Å². The van der Waals surface area contributed by atoms with Crippen LogP contribution in [0.5, 0.6) is 0 Å². The first-order valence-corrected chi connectivity index (χ1v) is 15.9. The van der Waals surface area contributed by atoms with E-state index < -0.39 is 11.9 Å². The Balaban J connectivity index is 1.28. The second-order valence-electron chi connectivity index (χ2n) is 6.59. The van der Waals surface area contributed by atoms with E-state index in [4.69, 9.17) is 9.47 Å². The highest BCUT2D eigenvalue weighted by Gasteiger charge is 2.39. The van der Waals surface area contributed by atoms with Crippen LogP contribution < -0.4 is 0 Å². The molecule has 4 aliphatic heterocycles. The van der Waals surface area contributed by atoms with Gasteiger partial charge in [0.05, 0.1) is 39.6 Å². The summed E-state index contributed by atoms with van der Waals surface area (Å²) in [6.07, 6.45) is 6.45. The van der Waals surface area contributed by atoms with Gasteiger partial charge in [-0.1, -0.05) is 101 Å². The van der Waals surface area contributed by atoms with Crippen molar-refractivity contribution >= 4 is 106 Å². The molecule has 0 amide bonds. The lowest BCUT2D eigenvalue weighted by Gasteiger charge is -2.08. The van der Waals surface area contributed by atoms with E-state index in [1.165, 1.54) is 86.8 Å². The minimum absolute atomic E-state index is 0.310. The molecule has 0 bridgehead atoms. The van der Waals surface area contributed by atoms with Gasteiger partial charge < -0.3 is 9.47 Å². The maximum Gasteiger partial charge on any atom is 0.346 e. The molecule has 0 atom stereocenters. The van der Waals surface area contributed by atoms with Crippen molar-refractivity contribution in [2.45, 2.75) is 32.1 Å². The molecule has 4 nitrogen and oxygen atoms in total. The molecule has 5 rings (SSSR count). The third-order valence-electron chi connectivity index (χ3n) is 4.63. The number of esters is 2. The van der Waals surface area contributed by atoms with Gasteiger partial charge in [-0.15, -0.1) is 0 Å². The molecule has 164 valence electrons. The highest BCUT2D eigenvalue weighted by molar-refractivity contribution is 8.49. The highest BCUT2D eigenvalue weighted by atomic mass is 32.3. The highest BCUT2D eigenvalue weighted by Crippen LogP contribution is 2.72. The van der Waals surface area contributed by atoms with Gasteiger partial charge in [0.2, 0.25) is 0 Å². The molecule has 0 N–H and O–H groups in total. The van der Waals surface area contributed by atoms with Crippen LogP contribution in [0.3, 0.4) is 0 Å². The topological polar surface area (TPSA) is 52.6 Å². The number of methoxy groups -OCH3 is 2. The number of ether oxygens (including phenoxy) is 2. The fraction of sp³-hybridized carbons (Fsp3) is 0.368. The van der Waals surface area contributed by atoms with E-state index >= 15 is 0 Å². The molecule has 12 heteroatoms. The number of hydrogen-bond acceptors (Lipinski definition) is 12. The maximum absolute atomic E-state index is 12.1. The monoisotopic (exact) mass is 564 g/mol. The molecule has 0 spiro atoms. The number of thioether (sulfide) groups is 8. The van der Waals surface area contributed by atoms with E-state index in [-0.39, 0.29) is 0 Å². The van der Waals surface area contributed by atoms with Crippen LogP contribution in [0, 0.1) is 0 Å². The van der Waals surface area contributed by atoms with Crippen LogP contribution in [0.1, 0.15) is 32.1 Å². The lowest BCUT2D eigenvalue weighted by atomic mass is 10.2. The molecule has 0 saturated carbocycles. The molecule has 31 heavy (non-hydrogen) atoms. The van der Waals surface area contributed by atoms with Crippen LogP contribution >= 0.6 is 94.1 Å². The summed E-state index contributed by atoms with van der Waals surface area (Å²) in [6, 6.07) is 0. The van der Waals surface area contributed by atoms with Crippen molar-refractivity contribution in [3.05, 3.63) is 45.0 Å². The van der Waals surface area contributed by atoms with Gasteiger partial charge in [-0.3, -0.25) is 0 Å². The fourth-order valence-electron chi connectivity index (χ4n) is 3.16. The van der Waals surface area contributed by atoms with E-state index in [2.05, 4.69) is 0 Å². The smallest absolute Gasteiger partial charge is 0.346 e. The number of carbonyl (C=O) groups is 2. The zero-order valence-electron chi connectivity index (χ0n) is 16.4. The Morgan fingerprint density at radius 2 is 0.903 bits per heavy atom. The van der Waals surface area contributed by atoms with Gasteiger partial charge in [0.15, 0.2) is 0 Å². The molecule has 0 aromatic heterocycles. The molecule has 0 radical (unpaired) electrons. The second-order valence-corrected chi connectivity index (χ2v) is 16.5. The van der Waals surface area contributed by atoms with Gasteiger partial charge in [0, 0.05) is 9.81 Å². The predicted octanol–water partition coefficient (Wildman–Crippen LogP) is 8.02. The van der Waals surface area contributed by atoms with Crippen molar-refractivity contribution in [1.82, 2.24) is 0 Å². The van der Waals surface area contributed by atoms with Crippen molar-refractivity contribution in [3.63, 3.8) is 0 Å². The summed E-state index contributed by atoms with van der Waals surface area (Å²) in [5, 5.41) is 0. The summed E-state index contributed by atoms with van der Waals surface area (Å²) in [5.74, 6) is -0.999. The Bertz CT molecular complexity index is 964. The van der Waals surface area contributed by atoms with Crippen LogP contribution in [-0.4, -0.2) is 26.2 Å². The van der Waals surface area contributed by atoms with Gasteiger partial charge >= 0.3 is 11.9 Å². The molecule has 4 heterocycles. The number of rotatable bonds is 2. The van der Waals surface area contributed by atoms with Crippen molar-refractivity contribution < 1.29 is 19.1 Å². The van der Waals surface area contributed by atoms with Crippen molar-refractivity contribution in [2.75, 3.05) is 14.2 Å². The average molecular weight is 565 g/mol. The summed E-state index contributed by atoms with van der Waals surface area (Å²) >= 11 is 13.8. The summed E-state index contributed by atoms with van der Waals surface area (Å²) in [7, 11) is 2.65. The van der Waals surface area contributed by atoms with Crippen LogP contribution in [0.2, 0.25) is 0 Å². The standard InChI is InChI=1S/C19H16O4S8/c1-22-12(20)10-11(13(21)23-2)27-15(26-10)17-30-18-19(31-17)29-16(28-18)14-24-8-6-4-3-5-7-9(8)25-14/h3-7H2,1-2H3. The van der Waals surface area contributed by atoms with Gasteiger partial charge in [-0.25, -0.2) is 9.59 Å². The third kappa shape index (κ3) is 4.69. The summed E-state index contributed by atoms with van der Waals surface area (Å²) in [6.45, 7) is 0. The van der Waals surface area contributed by atoms with E-state index in [1.807, 2.05) is 47.0 Å². The number of carbonyl (C=O) groups excluding carboxylic acids is 2. The summed E-state index contributed by atoms with van der Waals surface area (Å²) in [5.41, 5.74) is 0.